The van der Waals surface area contributed by atoms with Gasteiger partial charge in [-0.15, -0.1) is 0 Å². The Kier molecular flexibility index (Phi) is 5.17. The molecule has 1 unspecified atom stereocenters. The first kappa shape index (κ1) is 13.7. The number of aliphatic carboxylic acids is 1. The summed E-state index contributed by atoms with van der Waals surface area (Å²) >= 11 is 0. The Morgan fingerprint density at radius 2 is 2.29 bits per heavy atom. The molecule has 7 nitrogen and oxygen atoms in total. The molecule has 17 heavy (non-hydrogen) atoms. The van der Waals surface area contributed by atoms with Crippen LogP contribution >= 0.6 is 0 Å². The number of carbonyl (C=O) groups excluding carboxylic acids is 1. The number of aliphatic hydroxyl groups excluding tert-OH is 1. The molecule has 1 saturated heterocycles. The van der Waals surface area contributed by atoms with Gasteiger partial charge in [-0.25, -0.2) is 9.59 Å². The van der Waals surface area contributed by atoms with E-state index in [0.29, 0.717) is 19.7 Å². The van der Waals surface area contributed by atoms with Crippen LogP contribution in [0.5, 0.6) is 0 Å². The first-order valence-corrected chi connectivity index (χ1v) is 5.56. The molecule has 0 aromatic rings. The average molecular weight is 246 g/mol. The number of carbonyl (C=O) groups is 2. The lowest BCUT2D eigenvalue weighted by molar-refractivity contribution is -0.146. The number of ether oxygens (including phenoxy) is 1. The van der Waals surface area contributed by atoms with Gasteiger partial charge in [-0.2, -0.15) is 0 Å². The van der Waals surface area contributed by atoms with Crippen molar-refractivity contribution in [1.29, 1.82) is 0 Å². The number of morpholine rings is 1. The van der Waals surface area contributed by atoms with Crippen LogP contribution in [0, 0.1) is 0 Å². The summed E-state index contributed by atoms with van der Waals surface area (Å²) in [7, 11) is 0. The number of nitrogens with zero attached hydrogens (tertiary/aromatic N) is 1. The standard InChI is InChI=1S/C10H18N2O5/c1-7-6-12(4-5-17-7)10(16)11-3-2-8(13)9(14)15/h7-8,13H,2-6H2,1H3,(H,11,16)(H,14,15)/t7?,8-/m0/s1. The normalized spacial score (nSPS) is 22.0. The Bertz CT molecular complexity index is 284. The fourth-order valence-electron chi connectivity index (χ4n) is 1.55. The van der Waals surface area contributed by atoms with Crippen LogP contribution < -0.4 is 5.32 Å². The summed E-state index contributed by atoms with van der Waals surface area (Å²) in [5.74, 6) is -1.28. The molecule has 2 amide bonds. The Labute approximate surface area is 99.4 Å². The number of hydrogen-bond donors (Lipinski definition) is 3. The fraction of sp³-hybridized carbons (Fsp3) is 0.800. The molecule has 0 radical (unpaired) electrons. The van der Waals surface area contributed by atoms with Crippen molar-refractivity contribution in [3.8, 4) is 0 Å². The van der Waals surface area contributed by atoms with Gasteiger partial charge < -0.3 is 25.2 Å². The number of carboxylic acids is 1. The SMILES string of the molecule is CC1CN(C(=O)NCC[C@H](O)C(=O)O)CCO1. The maximum Gasteiger partial charge on any atom is 0.332 e. The number of hydrogen-bond acceptors (Lipinski definition) is 4. The smallest absolute Gasteiger partial charge is 0.332 e. The molecule has 1 rings (SSSR count). The Balaban J connectivity index is 2.22. The summed E-state index contributed by atoms with van der Waals surface area (Å²) in [6.45, 7) is 3.57. The molecule has 0 aliphatic carbocycles. The maximum atomic E-state index is 11.6. The molecule has 1 aliphatic heterocycles. The van der Waals surface area contributed by atoms with Crippen molar-refractivity contribution >= 4 is 12.0 Å². The van der Waals surface area contributed by atoms with Gasteiger partial charge in [0.15, 0.2) is 6.10 Å². The molecule has 3 N–H and O–H groups in total. The van der Waals surface area contributed by atoms with Gasteiger partial charge in [0.05, 0.1) is 12.7 Å². The van der Waals surface area contributed by atoms with Crippen molar-refractivity contribution in [3.63, 3.8) is 0 Å². The lowest BCUT2D eigenvalue weighted by atomic mass is 10.2. The summed E-state index contributed by atoms with van der Waals surface area (Å²) in [5.41, 5.74) is 0. The minimum absolute atomic E-state index is 0.000959. The summed E-state index contributed by atoms with van der Waals surface area (Å²) in [4.78, 5) is 23.6. The van der Waals surface area contributed by atoms with Gasteiger partial charge in [-0.1, -0.05) is 0 Å². The quantitative estimate of drug-likeness (QED) is 0.606. The molecule has 0 saturated carbocycles. The third-order valence-corrected chi connectivity index (χ3v) is 2.51. The van der Waals surface area contributed by atoms with Crippen molar-refractivity contribution in [2.45, 2.75) is 25.6 Å². The second-order valence-corrected chi connectivity index (χ2v) is 4.00. The van der Waals surface area contributed by atoms with Crippen molar-refractivity contribution < 1.29 is 24.5 Å². The van der Waals surface area contributed by atoms with Gasteiger partial charge in [-0.3, -0.25) is 0 Å². The van der Waals surface area contributed by atoms with Crippen LogP contribution in [0.4, 0.5) is 4.79 Å². The third kappa shape index (κ3) is 4.58. The van der Waals surface area contributed by atoms with Gasteiger partial charge in [0, 0.05) is 26.1 Å². The van der Waals surface area contributed by atoms with Crippen LogP contribution in [-0.2, 0) is 9.53 Å². The highest BCUT2D eigenvalue weighted by Crippen LogP contribution is 2.04. The number of rotatable bonds is 4. The van der Waals surface area contributed by atoms with Gasteiger partial charge in [0.1, 0.15) is 0 Å². The monoisotopic (exact) mass is 246 g/mol. The predicted molar refractivity (Wildman–Crippen MR) is 58.6 cm³/mol. The largest absolute Gasteiger partial charge is 0.479 e. The fourth-order valence-corrected chi connectivity index (χ4v) is 1.55. The highest BCUT2D eigenvalue weighted by molar-refractivity contribution is 5.74. The molecule has 1 heterocycles. The van der Waals surface area contributed by atoms with Crippen molar-refractivity contribution in [2.24, 2.45) is 0 Å². The molecule has 0 aromatic heterocycles. The topological polar surface area (TPSA) is 99.1 Å². The number of nitrogens with one attached hydrogen (secondary N) is 1. The molecule has 98 valence electrons. The van der Waals surface area contributed by atoms with E-state index in [1.54, 1.807) is 4.90 Å². The van der Waals surface area contributed by atoms with Gasteiger partial charge in [-0.05, 0) is 6.92 Å². The van der Waals surface area contributed by atoms with Gasteiger partial charge in [0.2, 0.25) is 0 Å². The third-order valence-electron chi connectivity index (χ3n) is 2.51. The van der Waals surface area contributed by atoms with E-state index in [2.05, 4.69) is 5.32 Å². The Morgan fingerprint density at radius 1 is 1.59 bits per heavy atom. The molecule has 2 atom stereocenters. The number of amides is 2. The van der Waals surface area contributed by atoms with Crippen LogP contribution in [0.15, 0.2) is 0 Å². The lowest BCUT2D eigenvalue weighted by Gasteiger charge is -2.31. The van der Waals surface area contributed by atoms with E-state index in [0.717, 1.165) is 0 Å². The minimum Gasteiger partial charge on any atom is -0.479 e. The van der Waals surface area contributed by atoms with Crippen LogP contribution in [0.2, 0.25) is 0 Å². The molecule has 0 bridgehead atoms. The zero-order valence-electron chi connectivity index (χ0n) is 9.76. The van der Waals surface area contributed by atoms with Crippen molar-refractivity contribution in [1.82, 2.24) is 10.2 Å². The average Bonchev–Trinajstić information content (AvgIpc) is 2.28. The summed E-state index contributed by atoms with van der Waals surface area (Å²) in [6, 6.07) is -0.252. The number of aliphatic hydroxyl groups is 1. The van der Waals surface area contributed by atoms with Crippen LogP contribution in [0.25, 0.3) is 0 Å². The van der Waals surface area contributed by atoms with Crippen molar-refractivity contribution in [3.05, 3.63) is 0 Å². The zero-order chi connectivity index (χ0) is 12.8. The summed E-state index contributed by atoms with van der Waals surface area (Å²) < 4.78 is 5.29. The van der Waals surface area contributed by atoms with Crippen molar-refractivity contribution in [2.75, 3.05) is 26.2 Å². The highest BCUT2D eigenvalue weighted by Gasteiger charge is 2.21. The summed E-state index contributed by atoms with van der Waals surface area (Å²) in [5, 5.41) is 20.0. The second-order valence-electron chi connectivity index (χ2n) is 4.00. The highest BCUT2D eigenvalue weighted by atomic mass is 16.5. The van der Waals surface area contributed by atoms with E-state index in [4.69, 9.17) is 14.9 Å². The lowest BCUT2D eigenvalue weighted by Crippen LogP contribution is -2.49. The molecule has 1 fully saturated rings. The number of carboxylic acid groups (broad SMARTS) is 1. The minimum atomic E-state index is -1.43. The predicted octanol–water partition coefficient (Wildman–Crippen LogP) is -0.748. The van der Waals surface area contributed by atoms with Gasteiger partial charge >= 0.3 is 12.0 Å². The van der Waals surface area contributed by atoms with E-state index >= 15 is 0 Å². The van der Waals surface area contributed by atoms with E-state index in [1.807, 2.05) is 6.92 Å². The van der Waals surface area contributed by atoms with Crippen LogP contribution in [0.1, 0.15) is 13.3 Å². The molecule has 0 aromatic carbocycles. The van der Waals surface area contributed by atoms with Crippen LogP contribution in [0.3, 0.4) is 0 Å². The van der Waals surface area contributed by atoms with E-state index < -0.39 is 12.1 Å². The van der Waals surface area contributed by atoms with E-state index in [1.165, 1.54) is 0 Å². The van der Waals surface area contributed by atoms with E-state index in [-0.39, 0.29) is 25.1 Å². The summed E-state index contributed by atoms with van der Waals surface area (Å²) in [6.07, 6.45) is -1.42. The molecule has 7 heteroatoms. The Morgan fingerprint density at radius 3 is 2.88 bits per heavy atom. The molecular weight excluding hydrogens is 228 g/mol. The molecular formula is C10H18N2O5. The molecule has 0 spiro atoms. The Hall–Kier alpha value is -1.34. The zero-order valence-corrected chi connectivity index (χ0v) is 9.76. The maximum absolute atomic E-state index is 11.6. The first-order valence-electron chi connectivity index (χ1n) is 5.56. The molecule has 1 aliphatic rings. The van der Waals surface area contributed by atoms with E-state index in [9.17, 15) is 9.59 Å². The first-order chi connectivity index (χ1) is 8.00. The van der Waals surface area contributed by atoms with Crippen LogP contribution in [-0.4, -0.2) is 65.6 Å². The second kappa shape index (κ2) is 6.41. The number of urea groups is 1. The van der Waals surface area contributed by atoms with Gasteiger partial charge in [0.25, 0.3) is 0 Å².